The number of amides is 1. The second kappa shape index (κ2) is 9.43. The fourth-order valence-electron chi connectivity index (χ4n) is 3.26. The summed E-state index contributed by atoms with van der Waals surface area (Å²) in [5.74, 6) is -2.81. The van der Waals surface area contributed by atoms with Gasteiger partial charge in [0.15, 0.2) is 17.2 Å². The Labute approximate surface area is 197 Å². The highest BCUT2D eigenvalue weighted by Crippen LogP contribution is 2.31. The van der Waals surface area contributed by atoms with E-state index in [1.165, 1.54) is 66.7 Å². The number of anilines is 1. The highest BCUT2D eigenvalue weighted by atomic mass is 19.1. The lowest BCUT2D eigenvalue weighted by Crippen LogP contribution is -2.22. The Balaban J connectivity index is 1.63. The molecular weight excluding hydrogens is 461 g/mol. The maximum absolute atomic E-state index is 13.1. The van der Waals surface area contributed by atoms with Crippen molar-refractivity contribution in [2.45, 2.75) is 6.61 Å². The molecule has 3 aromatic carbocycles. The van der Waals surface area contributed by atoms with Crippen molar-refractivity contribution in [3.05, 3.63) is 99.4 Å². The molecule has 0 aromatic heterocycles. The van der Waals surface area contributed by atoms with Gasteiger partial charge in [-0.1, -0.05) is 24.3 Å². The van der Waals surface area contributed by atoms with E-state index in [-0.39, 0.29) is 35.1 Å². The van der Waals surface area contributed by atoms with E-state index < -0.39 is 28.3 Å². The molecule has 1 aliphatic heterocycles. The first-order valence-electron chi connectivity index (χ1n) is 10.1. The van der Waals surface area contributed by atoms with Crippen LogP contribution in [0.4, 0.5) is 15.8 Å². The van der Waals surface area contributed by atoms with E-state index in [0.717, 1.165) is 11.1 Å². The van der Waals surface area contributed by atoms with Gasteiger partial charge in [-0.3, -0.25) is 14.9 Å². The van der Waals surface area contributed by atoms with Crippen molar-refractivity contribution >= 4 is 35.0 Å². The zero-order valence-corrected chi connectivity index (χ0v) is 17.8. The largest absolute Gasteiger partial charge is 0.504 e. The molecule has 0 aliphatic carbocycles. The van der Waals surface area contributed by atoms with Crippen molar-refractivity contribution in [2.24, 2.45) is 5.10 Å². The molecule has 0 saturated heterocycles. The van der Waals surface area contributed by atoms with Gasteiger partial charge in [-0.2, -0.15) is 10.1 Å². The lowest BCUT2D eigenvalue weighted by Gasteiger charge is -2.11. The maximum atomic E-state index is 13.1. The summed E-state index contributed by atoms with van der Waals surface area (Å²) < 4.78 is 18.7. The van der Waals surface area contributed by atoms with Crippen LogP contribution in [0.15, 0.2) is 77.4 Å². The van der Waals surface area contributed by atoms with E-state index in [1.807, 2.05) is 0 Å². The van der Waals surface area contributed by atoms with Gasteiger partial charge in [-0.25, -0.2) is 9.18 Å². The number of hydrazone groups is 1. The number of nitrogens with zero attached hydrogens (tertiary/aromatic N) is 3. The summed E-state index contributed by atoms with van der Waals surface area (Å²) in [4.78, 5) is 35.2. The molecule has 11 heteroatoms. The summed E-state index contributed by atoms with van der Waals surface area (Å²) in [6.07, 6.45) is 1.26. The van der Waals surface area contributed by atoms with E-state index in [4.69, 9.17) is 4.74 Å². The normalized spacial score (nSPS) is 14.2. The second-order valence-electron chi connectivity index (χ2n) is 7.35. The smallest absolute Gasteiger partial charge is 0.357 e. The van der Waals surface area contributed by atoms with Crippen LogP contribution in [-0.4, -0.2) is 32.7 Å². The molecule has 1 aliphatic rings. The summed E-state index contributed by atoms with van der Waals surface area (Å²) >= 11 is 0. The van der Waals surface area contributed by atoms with E-state index in [0.29, 0.717) is 11.1 Å². The van der Waals surface area contributed by atoms with Gasteiger partial charge in [0, 0.05) is 12.1 Å². The number of rotatable bonds is 7. The second-order valence-corrected chi connectivity index (χ2v) is 7.35. The summed E-state index contributed by atoms with van der Waals surface area (Å²) in [7, 11) is 0. The summed E-state index contributed by atoms with van der Waals surface area (Å²) in [6.45, 7) is 0.0230. The van der Waals surface area contributed by atoms with Gasteiger partial charge in [0.2, 0.25) is 0 Å². The number of nitro benzene ring substituents is 1. The van der Waals surface area contributed by atoms with Crippen LogP contribution in [0.5, 0.6) is 11.5 Å². The average Bonchev–Trinajstić information content (AvgIpc) is 3.16. The Bertz CT molecular complexity index is 1400. The van der Waals surface area contributed by atoms with Crippen molar-refractivity contribution in [1.82, 2.24) is 0 Å². The Morgan fingerprint density at radius 3 is 2.57 bits per heavy atom. The van der Waals surface area contributed by atoms with Crippen molar-refractivity contribution < 1.29 is 33.9 Å². The van der Waals surface area contributed by atoms with E-state index in [1.54, 1.807) is 0 Å². The molecule has 0 unspecified atom stereocenters. The number of hydrogen-bond acceptors (Lipinski definition) is 7. The average molecular weight is 477 g/mol. The number of aromatic hydroxyl groups is 1. The van der Waals surface area contributed by atoms with Crippen molar-refractivity contribution in [3.8, 4) is 11.5 Å². The minimum atomic E-state index is -1.47. The fraction of sp³-hybridized carbons (Fsp3) is 0.0417. The lowest BCUT2D eigenvalue weighted by atomic mass is 10.1. The van der Waals surface area contributed by atoms with E-state index in [9.17, 15) is 34.3 Å². The zero-order chi connectivity index (χ0) is 25.1. The van der Waals surface area contributed by atoms with Crippen molar-refractivity contribution in [3.63, 3.8) is 0 Å². The number of nitro groups is 1. The van der Waals surface area contributed by atoms with Crippen LogP contribution in [0.3, 0.4) is 0 Å². The minimum absolute atomic E-state index is 0.0230. The van der Waals surface area contributed by atoms with Gasteiger partial charge in [-0.05, 0) is 47.5 Å². The van der Waals surface area contributed by atoms with Gasteiger partial charge >= 0.3 is 5.97 Å². The standard InChI is InChI=1S/C24H16FN3O7/c25-16-7-4-14(5-8-16)13-35-21-11-15(6-9-20(21)29)10-19-22(24(31)32)26-27(23(19)30)17-2-1-3-18(12-17)28(33)34/h1-12,29H,13H2,(H,31,32)/b19-10-. The highest BCUT2D eigenvalue weighted by molar-refractivity contribution is 6.53. The van der Waals surface area contributed by atoms with Crippen molar-refractivity contribution in [2.75, 3.05) is 5.01 Å². The Kier molecular flexibility index (Phi) is 6.23. The number of non-ortho nitro benzene ring substituents is 1. The molecule has 35 heavy (non-hydrogen) atoms. The van der Waals surface area contributed by atoms with Crippen LogP contribution in [0.1, 0.15) is 11.1 Å². The maximum Gasteiger partial charge on any atom is 0.357 e. The number of aliphatic carboxylic acids is 1. The fourth-order valence-corrected chi connectivity index (χ4v) is 3.26. The predicted octanol–water partition coefficient (Wildman–Crippen LogP) is 3.89. The number of phenols is 1. The van der Waals surface area contributed by atoms with Crippen LogP contribution >= 0.6 is 0 Å². The van der Waals surface area contributed by atoms with Gasteiger partial charge in [0.25, 0.3) is 11.6 Å². The number of ether oxygens (including phenoxy) is 1. The first-order valence-corrected chi connectivity index (χ1v) is 10.1. The molecule has 0 saturated carbocycles. The third-order valence-corrected chi connectivity index (χ3v) is 4.97. The van der Waals surface area contributed by atoms with Crippen LogP contribution < -0.4 is 9.75 Å². The number of carbonyl (C=O) groups excluding carboxylic acids is 1. The zero-order valence-electron chi connectivity index (χ0n) is 17.8. The molecule has 2 N–H and O–H groups in total. The third kappa shape index (κ3) is 4.98. The molecule has 4 rings (SSSR count). The topological polar surface area (TPSA) is 143 Å². The summed E-state index contributed by atoms with van der Waals surface area (Å²) in [5.41, 5.74) is -0.104. The molecule has 0 spiro atoms. The number of benzene rings is 3. The first-order chi connectivity index (χ1) is 16.7. The predicted molar refractivity (Wildman–Crippen MR) is 122 cm³/mol. The Morgan fingerprint density at radius 2 is 1.89 bits per heavy atom. The molecule has 0 atom stereocenters. The van der Waals surface area contributed by atoms with Gasteiger partial charge in [0.05, 0.1) is 16.2 Å². The Morgan fingerprint density at radius 1 is 1.14 bits per heavy atom. The number of hydrogen-bond donors (Lipinski definition) is 2. The van der Waals surface area contributed by atoms with Crippen LogP contribution in [0.2, 0.25) is 0 Å². The quantitative estimate of drug-likeness (QED) is 0.299. The third-order valence-electron chi connectivity index (χ3n) is 4.97. The number of phenolic OH excluding ortho intramolecular Hbond substituents is 1. The van der Waals surface area contributed by atoms with Gasteiger partial charge in [0.1, 0.15) is 12.4 Å². The van der Waals surface area contributed by atoms with Crippen molar-refractivity contribution in [1.29, 1.82) is 0 Å². The number of carboxylic acid groups (broad SMARTS) is 1. The van der Waals surface area contributed by atoms with Crippen LogP contribution in [0.25, 0.3) is 6.08 Å². The molecule has 0 bridgehead atoms. The molecule has 1 heterocycles. The molecule has 10 nitrogen and oxygen atoms in total. The molecule has 0 radical (unpaired) electrons. The van der Waals surface area contributed by atoms with Gasteiger partial charge in [-0.15, -0.1) is 0 Å². The van der Waals surface area contributed by atoms with Gasteiger partial charge < -0.3 is 14.9 Å². The molecule has 3 aromatic rings. The van der Waals surface area contributed by atoms with Crippen LogP contribution in [-0.2, 0) is 16.2 Å². The number of carboxylic acids is 1. The number of carbonyl (C=O) groups is 2. The lowest BCUT2D eigenvalue weighted by molar-refractivity contribution is -0.384. The molecule has 1 amide bonds. The van der Waals surface area contributed by atoms with Crippen LogP contribution in [0, 0.1) is 15.9 Å². The summed E-state index contributed by atoms with van der Waals surface area (Å²) in [6, 6.07) is 14.8. The molecule has 0 fully saturated rings. The summed E-state index contributed by atoms with van der Waals surface area (Å²) in [5, 5.41) is 35.4. The SMILES string of the molecule is O=C(O)C1=NN(c2cccc([N+](=O)[O-])c2)C(=O)/C1=C\c1ccc(O)c(OCc2ccc(F)cc2)c1. The highest BCUT2D eigenvalue weighted by Gasteiger charge is 2.35. The Hall–Kier alpha value is -5.06. The van der Waals surface area contributed by atoms with E-state index in [2.05, 4.69) is 5.10 Å². The minimum Gasteiger partial charge on any atom is -0.504 e. The molecular formula is C24H16FN3O7. The number of halogens is 1. The molecule has 176 valence electrons. The monoisotopic (exact) mass is 477 g/mol. The van der Waals surface area contributed by atoms with E-state index >= 15 is 0 Å². The first kappa shape index (κ1) is 23.1.